The number of aliphatic hydroxyl groups excluding tert-OH is 1. The zero-order chi connectivity index (χ0) is 19.4. The Morgan fingerprint density at radius 1 is 1.22 bits per heavy atom. The van der Waals surface area contributed by atoms with Crippen LogP contribution in [0, 0.1) is 5.82 Å². The van der Waals surface area contributed by atoms with E-state index < -0.39 is 30.2 Å². The summed E-state index contributed by atoms with van der Waals surface area (Å²) >= 11 is 3.12. The second-order valence-electron chi connectivity index (χ2n) is 6.51. The van der Waals surface area contributed by atoms with Crippen molar-refractivity contribution in [2.75, 3.05) is 6.54 Å². The Hall–Kier alpha value is -1.99. The number of alkyl halides is 1. The lowest BCUT2D eigenvalue weighted by atomic mass is 9.92. The van der Waals surface area contributed by atoms with Crippen LogP contribution >= 0.6 is 15.9 Å². The summed E-state index contributed by atoms with van der Waals surface area (Å²) in [5.74, 6) is -0.483. The van der Waals surface area contributed by atoms with Crippen molar-refractivity contribution in [3.8, 4) is 0 Å². The number of ether oxygens (including phenoxy) is 1. The lowest BCUT2D eigenvalue weighted by Crippen LogP contribution is -2.56. The van der Waals surface area contributed by atoms with Crippen LogP contribution in [0.5, 0.6) is 0 Å². The number of amides is 1. The molecule has 144 valence electrons. The number of piperidine rings is 1. The maximum atomic E-state index is 14.3. The number of likely N-dealkylation sites (tertiary alicyclic amines) is 1. The molecule has 0 saturated carbocycles. The minimum atomic E-state index is -1.47. The van der Waals surface area contributed by atoms with Gasteiger partial charge in [0, 0.05) is 6.54 Å². The van der Waals surface area contributed by atoms with Crippen molar-refractivity contribution in [2.45, 2.75) is 37.8 Å². The van der Waals surface area contributed by atoms with E-state index in [1.807, 2.05) is 30.3 Å². The molecule has 3 atom stereocenters. The van der Waals surface area contributed by atoms with Gasteiger partial charge in [-0.25, -0.2) is 13.6 Å². The van der Waals surface area contributed by atoms with Gasteiger partial charge in [0.25, 0.3) is 0 Å². The number of benzene rings is 2. The Morgan fingerprint density at radius 3 is 2.70 bits per heavy atom. The largest absolute Gasteiger partial charge is 0.445 e. The average molecular weight is 440 g/mol. The minimum absolute atomic E-state index is 0.00665. The number of carbonyl (C=O) groups excluding carboxylic acids is 1. The monoisotopic (exact) mass is 439 g/mol. The Kier molecular flexibility index (Phi) is 6.44. The van der Waals surface area contributed by atoms with Crippen molar-refractivity contribution >= 4 is 22.0 Å². The first-order chi connectivity index (χ1) is 13.0. The molecule has 2 aromatic rings. The molecule has 0 bridgehead atoms. The summed E-state index contributed by atoms with van der Waals surface area (Å²) in [4.78, 5) is 13.8. The highest BCUT2D eigenvalue weighted by Gasteiger charge is 2.40. The summed E-state index contributed by atoms with van der Waals surface area (Å²) in [6.07, 6.45) is -3.51. The van der Waals surface area contributed by atoms with Crippen LogP contribution in [0.4, 0.5) is 13.6 Å². The molecular weight excluding hydrogens is 420 g/mol. The van der Waals surface area contributed by atoms with E-state index in [2.05, 4.69) is 15.9 Å². The molecule has 1 saturated heterocycles. The molecule has 1 fully saturated rings. The highest BCUT2D eigenvalue weighted by Crippen LogP contribution is 2.27. The molecule has 3 unspecified atom stereocenters. The van der Waals surface area contributed by atoms with Crippen LogP contribution in [0.1, 0.15) is 17.5 Å². The second-order valence-corrected chi connectivity index (χ2v) is 7.37. The van der Waals surface area contributed by atoms with Gasteiger partial charge in [-0.15, -0.1) is 0 Å². The highest BCUT2D eigenvalue weighted by molar-refractivity contribution is 9.10. The van der Waals surface area contributed by atoms with Crippen molar-refractivity contribution in [2.24, 2.45) is 0 Å². The summed E-state index contributed by atoms with van der Waals surface area (Å²) < 4.78 is 34.0. The Labute approximate surface area is 164 Å². The number of rotatable bonds is 4. The van der Waals surface area contributed by atoms with Gasteiger partial charge in [-0.05, 0) is 46.0 Å². The molecule has 4 nitrogen and oxygen atoms in total. The first-order valence-electron chi connectivity index (χ1n) is 8.69. The Balaban J connectivity index is 1.75. The molecule has 0 spiro atoms. The molecule has 1 aliphatic heterocycles. The lowest BCUT2D eigenvalue weighted by molar-refractivity contribution is -0.0408. The van der Waals surface area contributed by atoms with Gasteiger partial charge in [-0.1, -0.05) is 42.5 Å². The average Bonchev–Trinajstić information content (AvgIpc) is 2.68. The van der Waals surface area contributed by atoms with Crippen molar-refractivity contribution in [3.63, 3.8) is 0 Å². The molecule has 0 aromatic heterocycles. The molecule has 3 rings (SSSR count). The minimum Gasteiger partial charge on any atom is -0.445 e. The van der Waals surface area contributed by atoms with E-state index in [4.69, 9.17) is 4.74 Å². The summed E-state index contributed by atoms with van der Waals surface area (Å²) in [6.45, 7) is 0.176. The Bertz CT molecular complexity index is 790. The van der Waals surface area contributed by atoms with E-state index in [-0.39, 0.29) is 30.5 Å². The Morgan fingerprint density at radius 2 is 1.96 bits per heavy atom. The number of hydrogen-bond acceptors (Lipinski definition) is 3. The standard InChI is InChI=1S/C20H20BrF2NO3/c21-15-8-4-7-14(18(15)23)11-17-19(25)16(22)9-10-24(17)20(26)27-12-13-5-2-1-3-6-13/h1-8,16-17,19,25H,9-12H2. The highest BCUT2D eigenvalue weighted by atomic mass is 79.9. The van der Waals surface area contributed by atoms with E-state index in [1.165, 1.54) is 4.90 Å². The fraction of sp³-hybridized carbons (Fsp3) is 0.350. The molecule has 1 amide bonds. The third-order valence-corrected chi connectivity index (χ3v) is 5.32. The quantitative estimate of drug-likeness (QED) is 0.774. The van der Waals surface area contributed by atoms with E-state index in [0.717, 1.165) is 5.56 Å². The number of halogens is 3. The van der Waals surface area contributed by atoms with Crippen LogP contribution in [0.2, 0.25) is 0 Å². The zero-order valence-corrected chi connectivity index (χ0v) is 16.1. The summed E-state index contributed by atoms with van der Waals surface area (Å²) in [7, 11) is 0. The van der Waals surface area contributed by atoms with Crippen molar-refractivity contribution in [1.29, 1.82) is 0 Å². The van der Waals surface area contributed by atoms with E-state index in [0.29, 0.717) is 5.56 Å². The SMILES string of the molecule is O=C(OCc1ccccc1)N1CCC(F)C(O)C1Cc1cccc(Br)c1F. The molecule has 1 aliphatic rings. The van der Waals surface area contributed by atoms with Crippen LogP contribution < -0.4 is 0 Å². The number of hydrogen-bond donors (Lipinski definition) is 1. The van der Waals surface area contributed by atoms with E-state index in [9.17, 15) is 18.7 Å². The van der Waals surface area contributed by atoms with Gasteiger partial charge < -0.3 is 14.7 Å². The van der Waals surface area contributed by atoms with Gasteiger partial charge in [0.1, 0.15) is 24.7 Å². The fourth-order valence-corrected chi connectivity index (χ4v) is 3.62. The zero-order valence-electron chi connectivity index (χ0n) is 14.5. The smallest absolute Gasteiger partial charge is 0.410 e. The van der Waals surface area contributed by atoms with Crippen molar-refractivity contribution < 1.29 is 23.4 Å². The number of carbonyl (C=O) groups is 1. The van der Waals surface area contributed by atoms with Gasteiger partial charge in [0.05, 0.1) is 10.5 Å². The molecule has 7 heteroatoms. The molecule has 1 N–H and O–H groups in total. The van der Waals surface area contributed by atoms with Crippen molar-refractivity contribution in [3.05, 3.63) is 69.9 Å². The van der Waals surface area contributed by atoms with E-state index in [1.54, 1.807) is 18.2 Å². The lowest BCUT2D eigenvalue weighted by Gasteiger charge is -2.40. The topological polar surface area (TPSA) is 49.8 Å². The summed E-state index contributed by atoms with van der Waals surface area (Å²) in [5.41, 5.74) is 1.12. The molecule has 0 radical (unpaired) electrons. The van der Waals surface area contributed by atoms with Gasteiger partial charge in [0.2, 0.25) is 0 Å². The molecule has 0 aliphatic carbocycles. The third kappa shape index (κ3) is 4.65. The van der Waals surface area contributed by atoms with Crippen LogP contribution in [-0.2, 0) is 17.8 Å². The summed E-state index contributed by atoms with van der Waals surface area (Å²) in [5, 5.41) is 10.3. The first kappa shape index (κ1) is 19.8. The van der Waals surface area contributed by atoms with Crippen LogP contribution in [-0.4, -0.2) is 41.0 Å². The summed E-state index contributed by atoms with van der Waals surface area (Å²) in [6, 6.07) is 13.0. The normalized spacial score (nSPS) is 22.5. The number of aliphatic hydroxyl groups is 1. The van der Waals surface area contributed by atoms with Crippen LogP contribution in [0.25, 0.3) is 0 Å². The van der Waals surface area contributed by atoms with Gasteiger partial charge in [-0.3, -0.25) is 0 Å². The predicted octanol–water partition coefficient (Wildman–Crippen LogP) is 4.24. The van der Waals surface area contributed by atoms with Crippen molar-refractivity contribution in [1.82, 2.24) is 4.90 Å². The third-order valence-electron chi connectivity index (χ3n) is 4.71. The van der Waals surface area contributed by atoms with Gasteiger partial charge >= 0.3 is 6.09 Å². The number of nitrogens with zero attached hydrogens (tertiary/aromatic N) is 1. The second kappa shape index (κ2) is 8.80. The maximum Gasteiger partial charge on any atom is 0.410 e. The molecule has 27 heavy (non-hydrogen) atoms. The maximum absolute atomic E-state index is 14.3. The van der Waals surface area contributed by atoms with Crippen LogP contribution in [0.15, 0.2) is 53.0 Å². The van der Waals surface area contributed by atoms with Gasteiger partial charge in [-0.2, -0.15) is 0 Å². The van der Waals surface area contributed by atoms with E-state index >= 15 is 0 Å². The molecule has 1 heterocycles. The van der Waals surface area contributed by atoms with Gasteiger partial charge in [0.15, 0.2) is 0 Å². The predicted molar refractivity (Wildman–Crippen MR) is 100 cm³/mol. The van der Waals surface area contributed by atoms with Crippen LogP contribution in [0.3, 0.4) is 0 Å². The molecule has 2 aromatic carbocycles. The first-order valence-corrected chi connectivity index (χ1v) is 9.49. The molecular formula is C20H20BrF2NO3. The fourth-order valence-electron chi connectivity index (χ4n) is 3.22.